The Labute approximate surface area is 162 Å². The maximum Gasteiger partial charge on any atom is 0.203 e. The van der Waals surface area contributed by atoms with Crippen LogP contribution in [0, 0.1) is 0 Å². The first kappa shape index (κ1) is 19.0. The summed E-state index contributed by atoms with van der Waals surface area (Å²) in [6.45, 7) is 0. The third-order valence-electron chi connectivity index (χ3n) is 4.41. The highest BCUT2D eigenvalue weighted by molar-refractivity contribution is 8.14. The van der Waals surface area contributed by atoms with Crippen molar-refractivity contribution < 1.29 is 18.9 Å². The zero-order chi connectivity index (χ0) is 19.6. The average Bonchev–Trinajstić information content (AvgIpc) is 3.08. The summed E-state index contributed by atoms with van der Waals surface area (Å²) in [5, 5.41) is 0.495. The summed E-state index contributed by atoms with van der Waals surface area (Å²) in [6.07, 6.45) is 0. The van der Waals surface area contributed by atoms with Gasteiger partial charge in [-0.2, -0.15) is 0 Å². The molecule has 0 bridgehead atoms. The number of nitrogens with zero attached hydrogens (tertiary/aromatic N) is 1. The van der Waals surface area contributed by atoms with Gasteiger partial charge >= 0.3 is 0 Å². The molecule has 27 heavy (non-hydrogen) atoms. The molecule has 2 aromatic carbocycles. The van der Waals surface area contributed by atoms with Crippen LogP contribution in [0.2, 0.25) is 0 Å². The van der Waals surface area contributed by atoms with Crippen molar-refractivity contribution in [1.29, 1.82) is 0 Å². The van der Waals surface area contributed by atoms with Crippen molar-refractivity contribution in [1.82, 2.24) is 0 Å². The number of methoxy groups -OCH3 is 4. The van der Waals surface area contributed by atoms with Crippen LogP contribution in [-0.2, 0) is 0 Å². The number of amidine groups is 1. The van der Waals surface area contributed by atoms with Gasteiger partial charge < -0.3 is 30.4 Å². The predicted molar refractivity (Wildman–Crippen MR) is 108 cm³/mol. The first-order valence-electron chi connectivity index (χ1n) is 8.25. The lowest BCUT2D eigenvalue weighted by molar-refractivity contribution is 0.323. The van der Waals surface area contributed by atoms with Crippen molar-refractivity contribution in [2.75, 3.05) is 34.2 Å². The van der Waals surface area contributed by atoms with Crippen LogP contribution in [-0.4, -0.2) is 33.6 Å². The van der Waals surface area contributed by atoms with E-state index in [1.807, 2.05) is 30.3 Å². The molecule has 8 heteroatoms. The summed E-state index contributed by atoms with van der Waals surface area (Å²) < 4.78 is 21.6. The summed E-state index contributed by atoms with van der Waals surface area (Å²) in [4.78, 5) is 4.63. The third-order valence-corrected chi connectivity index (χ3v) is 5.54. The van der Waals surface area contributed by atoms with Crippen molar-refractivity contribution in [3.63, 3.8) is 0 Å². The quantitative estimate of drug-likeness (QED) is 0.732. The van der Waals surface area contributed by atoms with E-state index < -0.39 is 0 Å². The summed E-state index contributed by atoms with van der Waals surface area (Å²) >= 11 is 1.50. The molecule has 3 rings (SSSR count). The topological polar surface area (TPSA) is 101 Å². The van der Waals surface area contributed by atoms with E-state index in [0.29, 0.717) is 33.9 Å². The van der Waals surface area contributed by atoms with Crippen LogP contribution >= 0.6 is 11.8 Å². The maximum absolute atomic E-state index is 6.09. The fourth-order valence-electron chi connectivity index (χ4n) is 3.13. The minimum atomic E-state index is -0.212. The Bertz CT molecular complexity index is 847. The van der Waals surface area contributed by atoms with Crippen LogP contribution in [0.1, 0.15) is 22.4 Å². The molecule has 1 heterocycles. The van der Waals surface area contributed by atoms with E-state index in [0.717, 1.165) is 11.1 Å². The molecule has 2 unspecified atom stereocenters. The standard InChI is InChI=1S/C19H23N3O4S/c1-23-13-6-5-10(7-12(13)20)18-16(22-19(21)27-18)11-8-14(24-2)17(26-4)15(9-11)25-3/h5-9,16,18H,20H2,1-4H3,(H2,21,22). The summed E-state index contributed by atoms with van der Waals surface area (Å²) in [5.74, 6) is 2.33. The second-order valence-electron chi connectivity index (χ2n) is 5.91. The number of aliphatic imine (C=N–C) groups is 1. The van der Waals surface area contributed by atoms with Crippen LogP contribution in [0.25, 0.3) is 0 Å². The number of thioether (sulfide) groups is 1. The predicted octanol–water partition coefficient (Wildman–Crippen LogP) is 3.15. The minimum absolute atomic E-state index is 0.0268. The van der Waals surface area contributed by atoms with Gasteiger partial charge in [0.2, 0.25) is 5.75 Å². The van der Waals surface area contributed by atoms with Crippen LogP contribution < -0.4 is 30.4 Å². The molecule has 144 valence electrons. The first-order chi connectivity index (χ1) is 13.0. The fraction of sp³-hybridized carbons (Fsp3) is 0.316. The largest absolute Gasteiger partial charge is 0.495 e. The van der Waals surface area contributed by atoms with E-state index in [1.54, 1.807) is 28.4 Å². The molecule has 0 saturated carbocycles. The Kier molecular flexibility index (Phi) is 5.55. The summed E-state index contributed by atoms with van der Waals surface area (Å²) in [6, 6.07) is 9.31. The number of rotatable bonds is 6. The molecule has 0 spiro atoms. The lowest BCUT2D eigenvalue weighted by atomic mass is 9.97. The van der Waals surface area contributed by atoms with Crippen LogP contribution in [0.4, 0.5) is 5.69 Å². The second kappa shape index (κ2) is 7.87. The van der Waals surface area contributed by atoms with Gasteiger partial charge in [-0.05, 0) is 35.4 Å². The minimum Gasteiger partial charge on any atom is -0.495 e. The van der Waals surface area contributed by atoms with Crippen molar-refractivity contribution in [3.8, 4) is 23.0 Å². The van der Waals surface area contributed by atoms with E-state index in [1.165, 1.54) is 11.8 Å². The first-order valence-corrected chi connectivity index (χ1v) is 9.13. The van der Waals surface area contributed by atoms with Gasteiger partial charge in [0, 0.05) is 0 Å². The van der Waals surface area contributed by atoms with Gasteiger partial charge in [-0.15, -0.1) is 0 Å². The molecule has 0 aliphatic carbocycles. The van der Waals surface area contributed by atoms with Gasteiger partial charge in [-0.1, -0.05) is 17.8 Å². The van der Waals surface area contributed by atoms with E-state index >= 15 is 0 Å². The van der Waals surface area contributed by atoms with Crippen LogP contribution in [0.3, 0.4) is 0 Å². The van der Waals surface area contributed by atoms with E-state index in [9.17, 15) is 0 Å². The van der Waals surface area contributed by atoms with Crippen molar-refractivity contribution in [3.05, 3.63) is 41.5 Å². The molecule has 0 aromatic heterocycles. The number of anilines is 1. The molecule has 0 fully saturated rings. The lowest BCUT2D eigenvalue weighted by Gasteiger charge is -2.21. The Balaban J connectivity index is 2.05. The Morgan fingerprint density at radius 2 is 1.44 bits per heavy atom. The highest BCUT2D eigenvalue weighted by Gasteiger charge is 2.33. The number of nitrogens with two attached hydrogens (primary N) is 2. The molecule has 1 aliphatic rings. The zero-order valence-corrected chi connectivity index (χ0v) is 16.5. The highest BCUT2D eigenvalue weighted by atomic mass is 32.2. The molecular formula is C19H23N3O4S. The maximum atomic E-state index is 6.09. The lowest BCUT2D eigenvalue weighted by Crippen LogP contribution is -2.06. The number of nitrogen functional groups attached to an aromatic ring is 1. The second-order valence-corrected chi connectivity index (χ2v) is 7.07. The van der Waals surface area contributed by atoms with Gasteiger partial charge in [0.1, 0.15) is 5.75 Å². The SMILES string of the molecule is COc1ccc(C2SC(N)=NC2c2cc(OC)c(OC)c(OC)c2)cc1N. The van der Waals surface area contributed by atoms with E-state index in [4.69, 9.17) is 30.4 Å². The molecule has 1 aliphatic heterocycles. The fourth-order valence-corrected chi connectivity index (χ4v) is 4.20. The smallest absolute Gasteiger partial charge is 0.203 e. The van der Waals surface area contributed by atoms with Gasteiger partial charge in [0.05, 0.1) is 45.4 Å². The molecule has 4 N–H and O–H groups in total. The Morgan fingerprint density at radius 1 is 0.815 bits per heavy atom. The van der Waals surface area contributed by atoms with Crippen LogP contribution in [0.15, 0.2) is 35.3 Å². The molecule has 2 atom stereocenters. The van der Waals surface area contributed by atoms with Gasteiger partial charge in [-0.25, -0.2) is 0 Å². The number of ether oxygens (including phenoxy) is 4. The van der Waals surface area contributed by atoms with E-state index in [2.05, 4.69) is 4.99 Å². The zero-order valence-electron chi connectivity index (χ0n) is 15.7. The molecule has 2 aromatic rings. The van der Waals surface area contributed by atoms with Crippen LogP contribution in [0.5, 0.6) is 23.0 Å². The Hall–Kier alpha value is -2.74. The van der Waals surface area contributed by atoms with Gasteiger partial charge in [-0.3, -0.25) is 4.99 Å². The third kappa shape index (κ3) is 3.57. The average molecular weight is 389 g/mol. The molecule has 7 nitrogen and oxygen atoms in total. The number of hydrogen-bond donors (Lipinski definition) is 2. The van der Waals surface area contributed by atoms with E-state index in [-0.39, 0.29) is 11.3 Å². The summed E-state index contributed by atoms with van der Waals surface area (Å²) in [7, 11) is 6.34. The van der Waals surface area contributed by atoms with Gasteiger partial charge in [0.15, 0.2) is 16.7 Å². The van der Waals surface area contributed by atoms with Crippen molar-refractivity contribution in [2.45, 2.75) is 11.3 Å². The monoisotopic (exact) mass is 389 g/mol. The normalized spacial score (nSPS) is 18.7. The van der Waals surface area contributed by atoms with Crippen molar-refractivity contribution in [2.24, 2.45) is 10.7 Å². The molecule has 0 saturated heterocycles. The Morgan fingerprint density at radius 3 is 1.96 bits per heavy atom. The molecular weight excluding hydrogens is 366 g/mol. The summed E-state index contributed by atoms with van der Waals surface area (Å²) in [5.41, 5.74) is 14.6. The number of hydrogen-bond acceptors (Lipinski definition) is 8. The van der Waals surface area contributed by atoms with Gasteiger partial charge in [0.25, 0.3) is 0 Å². The highest BCUT2D eigenvalue weighted by Crippen LogP contribution is 2.51. The molecule has 0 radical (unpaired) electrons. The van der Waals surface area contributed by atoms with Crippen molar-refractivity contribution >= 4 is 22.6 Å². The number of benzene rings is 2. The molecule has 0 amide bonds.